The summed E-state index contributed by atoms with van der Waals surface area (Å²) >= 11 is 0. The molecule has 32 heavy (non-hydrogen) atoms. The maximum atomic E-state index is 13.3. The Kier molecular flexibility index (Phi) is 4.40. The molecule has 1 aliphatic carbocycles. The average Bonchev–Trinajstić information content (AvgIpc) is 3.43. The maximum Gasteiger partial charge on any atom is 0.387 e. The Morgan fingerprint density at radius 3 is 2.50 bits per heavy atom. The Hall–Kier alpha value is -3.01. The molecule has 5 rings (SSSR count). The van der Waals surface area contributed by atoms with Crippen LogP contribution >= 0.6 is 0 Å². The van der Waals surface area contributed by atoms with E-state index in [4.69, 9.17) is 0 Å². The van der Waals surface area contributed by atoms with E-state index in [-0.39, 0.29) is 23.2 Å². The van der Waals surface area contributed by atoms with Crippen molar-refractivity contribution in [1.82, 2.24) is 5.32 Å². The van der Waals surface area contributed by atoms with Gasteiger partial charge in [0.2, 0.25) is 5.91 Å². The molecule has 1 spiro atoms. The van der Waals surface area contributed by atoms with Crippen LogP contribution in [-0.4, -0.2) is 43.9 Å². The molecule has 2 fully saturated rings. The van der Waals surface area contributed by atoms with Gasteiger partial charge in [-0.05, 0) is 55.7 Å². The van der Waals surface area contributed by atoms with Crippen molar-refractivity contribution < 1.29 is 31.5 Å². The number of anilines is 2. The second kappa shape index (κ2) is 6.74. The lowest BCUT2D eigenvalue weighted by molar-refractivity contribution is -0.119. The molecule has 2 aromatic rings. The SMILES string of the molecule is CC1(NC(=O)c2ccc3c(c2)C2(CC2)C(=O)N3c2cccc(OC(F)F)c2)CS(=O)(=O)C1. The summed E-state index contributed by atoms with van der Waals surface area (Å²) in [7, 11) is -3.11. The molecule has 0 aromatic heterocycles. The summed E-state index contributed by atoms with van der Waals surface area (Å²) in [6.07, 6.45) is 1.26. The maximum absolute atomic E-state index is 13.3. The zero-order valence-electron chi connectivity index (χ0n) is 17.1. The number of nitrogens with one attached hydrogen (secondary N) is 1. The second-order valence-corrected chi connectivity index (χ2v) is 10.9. The van der Waals surface area contributed by atoms with E-state index >= 15 is 0 Å². The molecule has 1 saturated heterocycles. The van der Waals surface area contributed by atoms with E-state index in [1.54, 1.807) is 31.2 Å². The van der Waals surface area contributed by atoms with E-state index in [0.29, 0.717) is 35.3 Å². The number of fused-ring (bicyclic) bond motifs is 2. The molecule has 168 valence electrons. The van der Waals surface area contributed by atoms with Crippen LogP contribution < -0.4 is 15.0 Å². The number of nitrogens with zero attached hydrogens (tertiary/aromatic N) is 1. The summed E-state index contributed by atoms with van der Waals surface area (Å²) in [5.74, 6) is -0.841. The van der Waals surface area contributed by atoms with Crippen LogP contribution in [0.2, 0.25) is 0 Å². The highest BCUT2D eigenvalue weighted by Crippen LogP contribution is 2.59. The lowest BCUT2D eigenvalue weighted by Gasteiger charge is -2.38. The van der Waals surface area contributed by atoms with Crippen LogP contribution in [0, 0.1) is 0 Å². The highest BCUT2D eigenvalue weighted by Gasteiger charge is 2.59. The number of alkyl halides is 2. The predicted octanol–water partition coefficient (Wildman–Crippen LogP) is 2.91. The van der Waals surface area contributed by atoms with E-state index in [9.17, 15) is 26.8 Å². The Labute approximate surface area is 183 Å². The fourth-order valence-corrected chi connectivity index (χ4v) is 6.71. The summed E-state index contributed by atoms with van der Waals surface area (Å²) in [5.41, 5.74) is 0.513. The quantitative estimate of drug-likeness (QED) is 0.738. The molecule has 2 aliphatic heterocycles. The first-order valence-electron chi connectivity index (χ1n) is 10.1. The number of carbonyl (C=O) groups is 2. The smallest absolute Gasteiger partial charge is 0.387 e. The fourth-order valence-electron chi connectivity index (χ4n) is 4.70. The van der Waals surface area contributed by atoms with E-state index in [1.807, 2.05) is 0 Å². The van der Waals surface area contributed by atoms with Crippen LogP contribution in [0.15, 0.2) is 42.5 Å². The summed E-state index contributed by atoms with van der Waals surface area (Å²) in [4.78, 5) is 27.5. The van der Waals surface area contributed by atoms with E-state index in [0.717, 1.165) is 0 Å². The number of amides is 2. The van der Waals surface area contributed by atoms with Crippen LogP contribution in [0.1, 0.15) is 35.7 Å². The van der Waals surface area contributed by atoms with Gasteiger partial charge in [-0.15, -0.1) is 0 Å². The number of benzene rings is 2. The van der Waals surface area contributed by atoms with Crippen LogP contribution in [0.3, 0.4) is 0 Å². The van der Waals surface area contributed by atoms with Gasteiger partial charge in [0.05, 0.1) is 33.8 Å². The highest BCUT2D eigenvalue weighted by molar-refractivity contribution is 7.93. The van der Waals surface area contributed by atoms with Crippen LogP contribution in [0.5, 0.6) is 5.75 Å². The normalized spacial score (nSPS) is 21.2. The molecule has 10 heteroatoms. The molecule has 2 heterocycles. The monoisotopic (exact) mass is 462 g/mol. The lowest BCUT2D eigenvalue weighted by Crippen LogP contribution is -2.63. The molecule has 2 amide bonds. The third kappa shape index (κ3) is 3.33. The number of ether oxygens (including phenoxy) is 1. The lowest BCUT2D eigenvalue weighted by atomic mass is 9.95. The third-order valence-electron chi connectivity index (χ3n) is 6.17. The molecular weight excluding hydrogens is 442 g/mol. The summed E-state index contributed by atoms with van der Waals surface area (Å²) in [5, 5.41) is 2.78. The van der Waals surface area contributed by atoms with Crippen molar-refractivity contribution in [2.24, 2.45) is 0 Å². The van der Waals surface area contributed by atoms with Gasteiger partial charge in [0.1, 0.15) is 5.75 Å². The Balaban J connectivity index is 1.46. The van der Waals surface area contributed by atoms with Gasteiger partial charge in [-0.25, -0.2) is 8.42 Å². The number of hydrogen-bond acceptors (Lipinski definition) is 5. The number of sulfone groups is 1. The summed E-state index contributed by atoms with van der Waals surface area (Å²) in [6.45, 7) is -1.29. The van der Waals surface area contributed by atoms with Gasteiger partial charge < -0.3 is 10.1 Å². The number of hydrogen-bond donors (Lipinski definition) is 1. The summed E-state index contributed by atoms with van der Waals surface area (Å²) < 4.78 is 52.7. The van der Waals surface area contributed by atoms with Gasteiger partial charge >= 0.3 is 6.61 Å². The number of halogens is 2. The van der Waals surface area contributed by atoms with E-state index < -0.39 is 33.3 Å². The molecule has 7 nitrogen and oxygen atoms in total. The van der Waals surface area contributed by atoms with Crippen molar-refractivity contribution >= 4 is 33.0 Å². The van der Waals surface area contributed by atoms with Gasteiger partial charge in [-0.2, -0.15) is 8.78 Å². The first kappa shape index (κ1) is 20.9. The standard InChI is InChI=1S/C22H20F2N2O5S/c1-21(11-32(29,30)12-21)25-18(27)13-5-6-17-16(9-13)22(7-8-22)19(28)26(17)14-3-2-4-15(10-14)31-20(23)24/h2-6,9-10,20H,7-8,11-12H2,1H3,(H,25,27). The minimum absolute atomic E-state index is 0.0525. The van der Waals surface area contributed by atoms with Gasteiger partial charge in [-0.3, -0.25) is 14.5 Å². The first-order valence-corrected chi connectivity index (χ1v) is 11.9. The largest absolute Gasteiger partial charge is 0.435 e. The topological polar surface area (TPSA) is 92.8 Å². The Morgan fingerprint density at radius 1 is 1.16 bits per heavy atom. The Morgan fingerprint density at radius 2 is 1.88 bits per heavy atom. The zero-order chi connectivity index (χ0) is 22.9. The van der Waals surface area contributed by atoms with Crippen molar-refractivity contribution in [3.63, 3.8) is 0 Å². The van der Waals surface area contributed by atoms with Crippen LogP contribution in [0.4, 0.5) is 20.2 Å². The second-order valence-electron chi connectivity index (χ2n) is 8.88. The van der Waals surface area contributed by atoms with Gasteiger partial charge in [0, 0.05) is 11.6 Å². The summed E-state index contributed by atoms with van der Waals surface area (Å²) in [6, 6.07) is 10.9. The predicted molar refractivity (Wildman–Crippen MR) is 112 cm³/mol. The van der Waals surface area contributed by atoms with Crippen molar-refractivity contribution in [3.05, 3.63) is 53.6 Å². The van der Waals surface area contributed by atoms with Crippen molar-refractivity contribution in [2.75, 3.05) is 16.4 Å². The zero-order valence-corrected chi connectivity index (χ0v) is 17.9. The minimum Gasteiger partial charge on any atom is -0.435 e. The van der Waals surface area contributed by atoms with E-state index in [1.165, 1.54) is 23.1 Å². The van der Waals surface area contributed by atoms with Gasteiger partial charge in [-0.1, -0.05) is 6.07 Å². The van der Waals surface area contributed by atoms with Crippen molar-refractivity contribution in [3.8, 4) is 5.75 Å². The molecule has 1 saturated carbocycles. The molecule has 0 unspecified atom stereocenters. The fraction of sp³-hybridized carbons (Fsp3) is 0.364. The molecular formula is C22H20F2N2O5S. The molecule has 0 radical (unpaired) electrons. The third-order valence-corrected chi connectivity index (χ3v) is 8.32. The first-order chi connectivity index (χ1) is 15.0. The average molecular weight is 462 g/mol. The molecule has 1 N–H and O–H groups in total. The van der Waals surface area contributed by atoms with Crippen LogP contribution in [0.25, 0.3) is 0 Å². The highest BCUT2D eigenvalue weighted by atomic mass is 32.2. The van der Waals surface area contributed by atoms with Gasteiger partial charge in [0.25, 0.3) is 5.91 Å². The number of rotatable bonds is 5. The minimum atomic E-state index is -3.11. The van der Waals surface area contributed by atoms with Crippen molar-refractivity contribution in [1.29, 1.82) is 0 Å². The number of carbonyl (C=O) groups excluding carboxylic acids is 2. The Bertz CT molecular complexity index is 1240. The molecule has 3 aliphatic rings. The molecule has 0 atom stereocenters. The molecule has 2 aromatic carbocycles. The van der Waals surface area contributed by atoms with Crippen molar-refractivity contribution in [2.45, 2.75) is 37.3 Å². The van der Waals surface area contributed by atoms with Gasteiger partial charge in [0.15, 0.2) is 9.84 Å². The van der Waals surface area contributed by atoms with Crippen LogP contribution in [-0.2, 0) is 20.0 Å². The molecule has 0 bridgehead atoms. The van der Waals surface area contributed by atoms with E-state index in [2.05, 4.69) is 10.1 Å².